The van der Waals surface area contributed by atoms with Crippen LogP contribution in [-0.2, 0) is 18.6 Å². The van der Waals surface area contributed by atoms with Gasteiger partial charge >= 0.3 is 0 Å². The summed E-state index contributed by atoms with van der Waals surface area (Å²) in [6, 6.07) is 13.1. The Balaban J connectivity index is 1.62. The number of benzene rings is 2. The quantitative estimate of drug-likeness (QED) is 0.563. The Morgan fingerprint density at radius 3 is 2.61 bits per heavy atom. The van der Waals surface area contributed by atoms with E-state index in [-0.39, 0.29) is 17.8 Å². The summed E-state index contributed by atoms with van der Waals surface area (Å²) in [5.41, 5.74) is 5.98. The monoisotopic (exact) mass is 445 g/mol. The third kappa shape index (κ3) is 4.52. The Bertz CT molecular complexity index is 1240. The van der Waals surface area contributed by atoms with Gasteiger partial charge in [-0.15, -0.1) is 0 Å². The fraction of sp³-hybridized carbons (Fsp3) is 0.259. The number of pyridine rings is 1. The lowest BCUT2D eigenvalue weighted by Gasteiger charge is -2.29. The molecule has 6 heteroatoms. The van der Waals surface area contributed by atoms with Crippen molar-refractivity contribution in [2.45, 2.75) is 39.3 Å². The number of aromatic nitrogens is 1. The molecule has 0 fully saturated rings. The molecule has 0 saturated heterocycles. The zero-order chi connectivity index (χ0) is 23.8. The van der Waals surface area contributed by atoms with Gasteiger partial charge in [0.15, 0.2) is 0 Å². The Labute approximate surface area is 193 Å². The Morgan fingerprint density at radius 2 is 1.91 bits per heavy atom. The molecule has 0 atom stereocenters. The van der Waals surface area contributed by atoms with Crippen LogP contribution in [0.1, 0.15) is 48.6 Å². The fourth-order valence-electron chi connectivity index (χ4n) is 3.95. The van der Waals surface area contributed by atoms with E-state index >= 15 is 4.39 Å². The summed E-state index contributed by atoms with van der Waals surface area (Å²) in [5.74, 6) is 0.214. The van der Waals surface area contributed by atoms with E-state index < -0.39 is 0 Å². The first-order valence-corrected chi connectivity index (χ1v) is 10.8. The van der Waals surface area contributed by atoms with E-state index in [1.165, 1.54) is 0 Å². The summed E-state index contributed by atoms with van der Waals surface area (Å²) < 4.78 is 20.3. The highest BCUT2D eigenvalue weighted by Crippen LogP contribution is 2.34. The third-order valence-electron chi connectivity index (χ3n) is 5.85. The molecule has 2 heterocycles. The molecule has 5 nitrogen and oxygen atoms in total. The first-order chi connectivity index (χ1) is 15.7. The van der Waals surface area contributed by atoms with Crippen molar-refractivity contribution in [1.29, 1.82) is 0 Å². The SMILES string of the molecule is C=C1c2c(F)cc(C(C)(C)C)cc2C=NN1Cc1ccc(-c2ccnc(OC)c2)c(CO)c1. The fourth-order valence-corrected chi connectivity index (χ4v) is 3.95. The summed E-state index contributed by atoms with van der Waals surface area (Å²) in [5, 5.41) is 16.2. The van der Waals surface area contributed by atoms with Gasteiger partial charge in [0.25, 0.3) is 0 Å². The molecule has 4 rings (SSSR count). The molecule has 0 bridgehead atoms. The summed E-state index contributed by atoms with van der Waals surface area (Å²) in [4.78, 5) is 4.14. The first-order valence-electron chi connectivity index (χ1n) is 10.8. The van der Waals surface area contributed by atoms with Crippen LogP contribution >= 0.6 is 0 Å². The number of nitrogens with zero attached hydrogens (tertiary/aromatic N) is 3. The van der Waals surface area contributed by atoms with Gasteiger partial charge in [-0.05, 0) is 51.4 Å². The lowest BCUT2D eigenvalue weighted by Crippen LogP contribution is -2.22. The maximum absolute atomic E-state index is 15.0. The van der Waals surface area contributed by atoms with Crippen molar-refractivity contribution < 1.29 is 14.2 Å². The van der Waals surface area contributed by atoms with Crippen LogP contribution in [0.5, 0.6) is 5.88 Å². The van der Waals surface area contributed by atoms with Crippen LogP contribution in [0.3, 0.4) is 0 Å². The van der Waals surface area contributed by atoms with Crippen LogP contribution in [0, 0.1) is 5.82 Å². The minimum atomic E-state index is -0.295. The highest BCUT2D eigenvalue weighted by molar-refractivity contribution is 5.91. The normalized spacial score (nSPS) is 13.3. The van der Waals surface area contributed by atoms with Gasteiger partial charge in [-0.3, -0.25) is 5.01 Å². The highest BCUT2D eigenvalue weighted by atomic mass is 19.1. The molecule has 170 valence electrons. The maximum atomic E-state index is 15.0. The summed E-state index contributed by atoms with van der Waals surface area (Å²) >= 11 is 0. The van der Waals surface area contributed by atoms with E-state index in [9.17, 15) is 5.11 Å². The van der Waals surface area contributed by atoms with Gasteiger partial charge in [-0.25, -0.2) is 9.37 Å². The largest absolute Gasteiger partial charge is 0.481 e. The van der Waals surface area contributed by atoms with E-state index in [4.69, 9.17) is 4.74 Å². The average molecular weight is 446 g/mol. The molecular weight excluding hydrogens is 417 g/mol. The van der Waals surface area contributed by atoms with E-state index in [1.54, 1.807) is 30.6 Å². The number of rotatable bonds is 5. The van der Waals surface area contributed by atoms with E-state index in [1.807, 2.05) is 36.4 Å². The van der Waals surface area contributed by atoms with Crippen molar-refractivity contribution in [1.82, 2.24) is 9.99 Å². The second-order valence-electron chi connectivity index (χ2n) is 9.16. The van der Waals surface area contributed by atoms with Crippen molar-refractivity contribution in [2.75, 3.05) is 7.11 Å². The molecule has 33 heavy (non-hydrogen) atoms. The molecule has 0 spiro atoms. The van der Waals surface area contributed by atoms with Crippen molar-refractivity contribution >= 4 is 11.9 Å². The molecule has 2 aromatic carbocycles. The average Bonchev–Trinajstić information content (AvgIpc) is 2.80. The minimum absolute atomic E-state index is 0.120. The predicted molar refractivity (Wildman–Crippen MR) is 129 cm³/mol. The van der Waals surface area contributed by atoms with Gasteiger partial charge in [0, 0.05) is 23.4 Å². The van der Waals surface area contributed by atoms with Crippen molar-refractivity contribution in [3.63, 3.8) is 0 Å². The number of hydrogen-bond acceptors (Lipinski definition) is 5. The number of aliphatic hydroxyl groups excluding tert-OH is 1. The molecule has 0 saturated carbocycles. The van der Waals surface area contributed by atoms with Crippen LogP contribution in [0.2, 0.25) is 0 Å². The zero-order valence-corrected chi connectivity index (χ0v) is 19.4. The van der Waals surface area contributed by atoms with Crippen molar-refractivity contribution in [2.24, 2.45) is 5.10 Å². The summed E-state index contributed by atoms with van der Waals surface area (Å²) in [7, 11) is 1.57. The van der Waals surface area contributed by atoms with Gasteiger partial charge in [0.05, 0.1) is 32.2 Å². The smallest absolute Gasteiger partial charge is 0.213 e. The van der Waals surface area contributed by atoms with Gasteiger partial charge < -0.3 is 9.84 Å². The number of hydrogen-bond donors (Lipinski definition) is 1. The van der Waals surface area contributed by atoms with Crippen LogP contribution in [0.25, 0.3) is 16.8 Å². The molecular formula is C27H28FN3O2. The lowest BCUT2D eigenvalue weighted by molar-refractivity contribution is 0.282. The van der Waals surface area contributed by atoms with Gasteiger partial charge in [0.1, 0.15) is 5.82 Å². The Morgan fingerprint density at radius 1 is 1.12 bits per heavy atom. The van der Waals surface area contributed by atoms with Crippen LogP contribution in [-0.4, -0.2) is 28.4 Å². The molecule has 3 aromatic rings. The first kappa shape index (κ1) is 22.7. The molecule has 0 aliphatic carbocycles. The number of methoxy groups -OCH3 is 1. The van der Waals surface area contributed by atoms with Crippen molar-refractivity contribution in [3.05, 3.63) is 88.9 Å². The van der Waals surface area contributed by atoms with Gasteiger partial charge in [-0.2, -0.15) is 5.10 Å². The van der Waals surface area contributed by atoms with Crippen LogP contribution in [0.15, 0.2) is 60.3 Å². The van der Waals surface area contributed by atoms with E-state index in [0.29, 0.717) is 23.7 Å². The molecule has 1 aliphatic heterocycles. The molecule has 0 amide bonds. The molecule has 1 aromatic heterocycles. The summed E-state index contributed by atoms with van der Waals surface area (Å²) in [6.07, 6.45) is 3.36. The van der Waals surface area contributed by atoms with E-state index in [2.05, 4.69) is 37.4 Å². The summed E-state index contributed by atoms with van der Waals surface area (Å²) in [6.45, 7) is 10.6. The van der Waals surface area contributed by atoms with Gasteiger partial charge in [0.2, 0.25) is 5.88 Å². The lowest BCUT2D eigenvalue weighted by atomic mass is 9.84. The van der Waals surface area contributed by atoms with Crippen LogP contribution < -0.4 is 4.74 Å². The Hall–Kier alpha value is -3.51. The predicted octanol–water partition coefficient (Wildman–Crippen LogP) is 5.51. The zero-order valence-electron chi connectivity index (χ0n) is 19.4. The molecule has 1 aliphatic rings. The second-order valence-corrected chi connectivity index (χ2v) is 9.16. The molecule has 0 unspecified atom stereocenters. The van der Waals surface area contributed by atoms with Crippen molar-refractivity contribution in [3.8, 4) is 17.0 Å². The third-order valence-corrected chi connectivity index (χ3v) is 5.85. The number of fused-ring (bicyclic) bond motifs is 1. The minimum Gasteiger partial charge on any atom is -0.481 e. The van der Waals surface area contributed by atoms with Crippen LogP contribution in [0.4, 0.5) is 4.39 Å². The van der Waals surface area contributed by atoms with E-state index in [0.717, 1.165) is 33.4 Å². The number of hydrazone groups is 1. The van der Waals surface area contributed by atoms with Gasteiger partial charge in [-0.1, -0.05) is 45.5 Å². The topological polar surface area (TPSA) is 58.0 Å². The number of halogens is 1. The second kappa shape index (κ2) is 8.79. The number of ether oxygens (including phenoxy) is 1. The Kier molecular flexibility index (Phi) is 6.04. The number of aliphatic hydroxyl groups is 1. The standard InChI is InChI=1S/C27H28FN3O2/c1-17-26-20(11-22(13-24(26)28)27(2,3)4)14-30-31(17)15-18-6-7-23(21(10-18)16-32)19-8-9-29-25(12-19)33-5/h6-14,32H,1,15-16H2,2-5H3. The maximum Gasteiger partial charge on any atom is 0.213 e. The molecule has 1 N–H and O–H groups in total. The highest BCUT2D eigenvalue weighted by Gasteiger charge is 2.24. The molecule has 0 radical (unpaired) electrons.